The summed E-state index contributed by atoms with van der Waals surface area (Å²) < 4.78 is 5.56. The highest BCUT2D eigenvalue weighted by atomic mass is 16.6. The molecule has 0 aromatic heterocycles. The Bertz CT molecular complexity index is 386. The van der Waals surface area contributed by atoms with Gasteiger partial charge in [-0.15, -0.1) is 0 Å². The van der Waals surface area contributed by atoms with Crippen LogP contribution >= 0.6 is 0 Å². The molecule has 0 spiro atoms. The smallest absolute Gasteiger partial charge is 0.269 e. The maximum Gasteiger partial charge on any atom is 0.269 e. The van der Waals surface area contributed by atoms with Gasteiger partial charge in [0.05, 0.1) is 31.2 Å². The zero-order valence-electron chi connectivity index (χ0n) is 10.4. The van der Waals surface area contributed by atoms with E-state index in [9.17, 15) is 10.1 Å². The summed E-state index contributed by atoms with van der Waals surface area (Å²) in [6, 6.07) is 6.25. The number of non-ortho nitro benzene ring substituents is 1. The first-order valence-corrected chi connectivity index (χ1v) is 6.46. The summed E-state index contributed by atoms with van der Waals surface area (Å²) >= 11 is 0. The normalized spacial score (nSPS) is 15.8. The molecule has 2 rings (SSSR count). The molecule has 98 valence electrons. The van der Waals surface area contributed by atoms with Gasteiger partial charge in [-0.1, -0.05) is 0 Å². The van der Waals surface area contributed by atoms with Gasteiger partial charge in [-0.2, -0.15) is 0 Å². The largest absolute Gasteiger partial charge is 0.493 e. The van der Waals surface area contributed by atoms with Crippen LogP contribution in [-0.2, 0) is 0 Å². The molecule has 1 aliphatic heterocycles. The molecule has 1 aromatic rings. The molecule has 5 heteroatoms. The molecule has 0 saturated carbocycles. The van der Waals surface area contributed by atoms with E-state index in [2.05, 4.69) is 0 Å². The van der Waals surface area contributed by atoms with Crippen molar-refractivity contribution in [1.82, 2.24) is 0 Å². The minimum absolute atomic E-state index is 0.101. The SMILES string of the molecule is O=[N+]([O-])c1ccc(OCCC[NH+]2CCCC2)cc1. The Labute approximate surface area is 107 Å². The Morgan fingerprint density at radius 2 is 1.89 bits per heavy atom. The van der Waals surface area contributed by atoms with Gasteiger partial charge in [0, 0.05) is 31.4 Å². The third-order valence-electron chi connectivity index (χ3n) is 3.30. The Morgan fingerprint density at radius 3 is 2.50 bits per heavy atom. The average Bonchev–Trinajstić information content (AvgIpc) is 2.88. The molecule has 0 amide bonds. The lowest BCUT2D eigenvalue weighted by atomic mass is 10.3. The lowest BCUT2D eigenvalue weighted by molar-refractivity contribution is -0.887. The zero-order valence-corrected chi connectivity index (χ0v) is 10.4. The second-order valence-corrected chi connectivity index (χ2v) is 4.66. The third-order valence-corrected chi connectivity index (χ3v) is 3.30. The second kappa shape index (κ2) is 6.35. The average molecular weight is 251 g/mol. The predicted octanol–water partition coefficient (Wildman–Crippen LogP) is 1.04. The maximum absolute atomic E-state index is 10.5. The van der Waals surface area contributed by atoms with E-state index >= 15 is 0 Å². The second-order valence-electron chi connectivity index (χ2n) is 4.66. The van der Waals surface area contributed by atoms with E-state index in [0.29, 0.717) is 12.4 Å². The lowest BCUT2D eigenvalue weighted by Crippen LogP contribution is -3.10. The van der Waals surface area contributed by atoms with Crippen LogP contribution in [0, 0.1) is 10.1 Å². The number of nitrogens with zero attached hydrogens (tertiary/aromatic N) is 1. The third kappa shape index (κ3) is 3.70. The van der Waals surface area contributed by atoms with Crippen molar-refractivity contribution >= 4 is 5.69 Å². The number of quaternary nitrogens is 1. The molecule has 1 N–H and O–H groups in total. The molecule has 1 fully saturated rings. The molecule has 0 radical (unpaired) electrons. The molecule has 1 aliphatic rings. The van der Waals surface area contributed by atoms with Crippen LogP contribution in [0.4, 0.5) is 5.69 Å². The van der Waals surface area contributed by atoms with E-state index in [4.69, 9.17) is 4.74 Å². The van der Waals surface area contributed by atoms with E-state index in [1.807, 2.05) is 0 Å². The number of likely N-dealkylation sites (tertiary alicyclic amines) is 1. The zero-order chi connectivity index (χ0) is 12.8. The quantitative estimate of drug-likeness (QED) is 0.467. The Morgan fingerprint density at radius 1 is 1.22 bits per heavy atom. The first kappa shape index (κ1) is 12.8. The number of hydrogen-bond donors (Lipinski definition) is 1. The molecular weight excluding hydrogens is 232 g/mol. The van der Waals surface area contributed by atoms with Gasteiger partial charge in [0.1, 0.15) is 5.75 Å². The molecule has 0 atom stereocenters. The van der Waals surface area contributed by atoms with Gasteiger partial charge < -0.3 is 9.64 Å². The van der Waals surface area contributed by atoms with Crippen LogP contribution in [0.3, 0.4) is 0 Å². The molecule has 5 nitrogen and oxygen atoms in total. The maximum atomic E-state index is 10.5. The van der Waals surface area contributed by atoms with Crippen LogP contribution in [0.1, 0.15) is 19.3 Å². The first-order valence-electron chi connectivity index (χ1n) is 6.46. The van der Waals surface area contributed by atoms with Gasteiger partial charge in [0.15, 0.2) is 0 Å². The molecular formula is C13H19N2O3+. The summed E-state index contributed by atoms with van der Waals surface area (Å²) in [5.41, 5.74) is 0.101. The fraction of sp³-hybridized carbons (Fsp3) is 0.538. The van der Waals surface area contributed by atoms with Gasteiger partial charge in [0.2, 0.25) is 0 Å². The van der Waals surface area contributed by atoms with Gasteiger partial charge >= 0.3 is 0 Å². The van der Waals surface area contributed by atoms with Crippen molar-refractivity contribution in [1.29, 1.82) is 0 Å². The van der Waals surface area contributed by atoms with Crippen molar-refractivity contribution in [3.8, 4) is 5.75 Å². The number of hydrogen-bond acceptors (Lipinski definition) is 3. The lowest BCUT2D eigenvalue weighted by Gasteiger charge is -2.12. The molecule has 1 saturated heterocycles. The van der Waals surface area contributed by atoms with E-state index in [-0.39, 0.29) is 5.69 Å². The fourth-order valence-corrected chi connectivity index (χ4v) is 2.30. The Hall–Kier alpha value is -1.62. The Kier molecular flexibility index (Phi) is 4.52. The van der Waals surface area contributed by atoms with Gasteiger partial charge in [-0.05, 0) is 12.1 Å². The summed E-state index contributed by atoms with van der Waals surface area (Å²) in [5.74, 6) is 0.706. The molecule has 0 unspecified atom stereocenters. The monoisotopic (exact) mass is 251 g/mol. The van der Waals surface area contributed by atoms with Crippen LogP contribution in [0.5, 0.6) is 5.75 Å². The van der Waals surface area contributed by atoms with Crippen molar-refractivity contribution < 1.29 is 14.6 Å². The van der Waals surface area contributed by atoms with Crippen LogP contribution in [0.2, 0.25) is 0 Å². The molecule has 0 bridgehead atoms. The van der Waals surface area contributed by atoms with E-state index in [0.717, 1.165) is 13.0 Å². The van der Waals surface area contributed by atoms with Crippen LogP contribution in [0.15, 0.2) is 24.3 Å². The van der Waals surface area contributed by atoms with Crippen molar-refractivity contribution in [2.45, 2.75) is 19.3 Å². The highest BCUT2D eigenvalue weighted by molar-refractivity contribution is 5.35. The molecule has 1 aromatic carbocycles. The van der Waals surface area contributed by atoms with E-state index < -0.39 is 4.92 Å². The van der Waals surface area contributed by atoms with Crippen molar-refractivity contribution in [2.24, 2.45) is 0 Å². The number of benzene rings is 1. The summed E-state index contributed by atoms with van der Waals surface area (Å²) in [7, 11) is 0. The number of ether oxygens (including phenoxy) is 1. The fourth-order valence-electron chi connectivity index (χ4n) is 2.30. The van der Waals surface area contributed by atoms with Crippen LogP contribution in [-0.4, -0.2) is 31.2 Å². The summed E-state index contributed by atoms with van der Waals surface area (Å²) in [6.07, 6.45) is 3.73. The van der Waals surface area contributed by atoms with Crippen molar-refractivity contribution in [2.75, 3.05) is 26.2 Å². The standard InChI is InChI=1S/C13H18N2O3/c16-15(17)12-4-6-13(7-5-12)18-11-3-10-14-8-1-2-9-14/h4-7H,1-3,8-11H2/p+1. The minimum atomic E-state index is -0.402. The molecule has 1 heterocycles. The van der Waals surface area contributed by atoms with Gasteiger partial charge in [-0.25, -0.2) is 0 Å². The minimum Gasteiger partial charge on any atom is -0.493 e. The van der Waals surface area contributed by atoms with Crippen molar-refractivity contribution in [3.05, 3.63) is 34.4 Å². The van der Waals surface area contributed by atoms with Crippen LogP contribution in [0.25, 0.3) is 0 Å². The predicted molar refractivity (Wildman–Crippen MR) is 68.0 cm³/mol. The summed E-state index contributed by atoms with van der Waals surface area (Å²) in [4.78, 5) is 11.7. The van der Waals surface area contributed by atoms with Gasteiger partial charge in [-0.3, -0.25) is 10.1 Å². The molecule has 18 heavy (non-hydrogen) atoms. The summed E-state index contributed by atoms with van der Waals surface area (Å²) in [5, 5.41) is 10.5. The van der Waals surface area contributed by atoms with E-state index in [1.54, 1.807) is 17.0 Å². The summed E-state index contributed by atoms with van der Waals surface area (Å²) in [6.45, 7) is 4.42. The molecule has 0 aliphatic carbocycles. The number of nitro groups is 1. The highest BCUT2D eigenvalue weighted by Gasteiger charge is 2.14. The Balaban J connectivity index is 1.68. The first-order chi connectivity index (χ1) is 8.75. The van der Waals surface area contributed by atoms with Crippen molar-refractivity contribution in [3.63, 3.8) is 0 Å². The number of nitrogens with one attached hydrogen (secondary N) is 1. The highest BCUT2D eigenvalue weighted by Crippen LogP contribution is 2.17. The number of rotatable bonds is 6. The topological polar surface area (TPSA) is 56.8 Å². The van der Waals surface area contributed by atoms with Crippen LogP contribution < -0.4 is 9.64 Å². The number of nitro benzene ring substituents is 1. The van der Waals surface area contributed by atoms with E-state index in [1.165, 1.54) is 38.1 Å². The van der Waals surface area contributed by atoms with Gasteiger partial charge in [0.25, 0.3) is 5.69 Å².